The molecule has 0 spiro atoms. The average Bonchev–Trinajstić information content (AvgIpc) is 2.22. The molecule has 17 heavy (non-hydrogen) atoms. The lowest BCUT2D eigenvalue weighted by Crippen LogP contribution is -2.40. The van der Waals surface area contributed by atoms with Gasteiger partial charge in [0.2, 0.25) is 5.91 Å². The van der Waals surface area contributed by atoms with E-state index in [0.717, 1.165) is 0 Å². The lowest BCUT2D eigenvalue weighted by molar-refractivity contribution is -0.153. The van der Waals surface area contributed by atoms with Crippen LogP contribution in [0.5, 0.6) is 0 Å². The molecule has 0 rings (SSSR count). The first-order chi connectivity index (χ1) is 7.67. The van der Waals surface area contributed by atoms with Crippen molar-refractivity contribution in [2.24, 2.45) is 5.41 Å². The molecule has 0 aliphatic heterocycles. The van der Waals surface area contributed by atoms with Crippen molar-refractivity contribution in [3.63, 3.8) is 0 Å². The lowest BCUT2D eigenvalue weighted by Gasteiger charge is -2.25. The molecule has 100 valence electrons. The number of carboxylic acid groups (broad SMARTS) is 1. The molecule has 0 unspecified atom stereocenters. The Balaban J connectivity index is 4.48. The van der Waals surface area contributed by atoms with Crippen LogP contribution in [0.15, 0.2) is 0 Å². The maximum atomic E-state index is 11.8. The standard InChI is InChI=1S/C10H16F3NO3/c1-3-9(4-2,8(16)17)5-7(15)14-6-10(11,12)13/h3-6H2,1-2H3,(H,14,15)(H,16,17). The number of aliphatic carboxylic acids is 1. The number of nitrogens with one attached hydrogen (secondary N) is 1. The Bertz CT molecular complexity index is 285. The fourth-order valence-corrected chi connectivity index (χ4v) is 1.45. The zero-order valence-electron chi connectivity index (χ0n) is 9.73. The summed E-state index contributed by atoms with van der Waals surface area (Å²) in [5, 5.41) is 10.7. The number of alkyl halides is 3. The Morgan fingerprint density at radius 2 is 1.65 bits per heavy atom. The van der Waals surface area contributed by atoms with Gasteiger partial charge in [0.25, 0.3) is 0 Å². The van der Waals surface area contributed by atoms with Crippen LogP contribution in [0, 0.1) is 5.41 Å². The van der Waals surface area contributed by atoms with E-state index in [-0.39, 0.29) is 12.8 Å². The van der Waals surface area contributed by atoms with Gasteiger partial charge in [0.1, 0.15) is 6.54 Å². The summed E-state index contributed by atoms with van der Waals surface area (Å²) in [7, 11) is 0. The summed E-state index contributed by atoms with van der Waals surface area (Å²) in [6, 6.07) is 0. The van der Waals surface area contributed by atoms with Crippen molar-refractivity contribution < 1.29 is 27.9 Å². The Labute approximate surface area is 97.2 Å². The van der Waals surface area contributed by atoms with Gasteiger partial charge in [-0.2, -0.15) is 13.2 Å². The average molecular weight is 255 g/mol. The molecule has 0 saturated carbocycles. The molecule has 0 bridgehead atoms. The molecule has 0 atom stereocenters. The summed E-state index contributed by atoms with van der Waals surface area (Å²) < 4.78 is 35.5. The number of hydrogen-bond acceptors (Lipinski definition) is 2. The van der Waals surface area contributed by atoms with Crippen LogP contribution in [0.1, 0.15) is 33.1 Å². The van der Waals surface area contributed by atoms with Gasteiger partial charge in [-0.25, -0.2) is 0 Å². The Morgan fingerprint density at radius 3 is 1.94 bits per heavy atom. The third kappa shape index (κ3) is 5.06. The largest absolute Gasteiger partial charge is 0.481 e. The van der Waals surface area contributed by atoms with Crippen LogP contribution in [0.25, 0.3) is 0 Å². The third-order valence-corrected chi connectivity index (χ3v) is 2.79. The minimum atomic E-state index is -4.49. The van der Waals surface area contributed by atoms with Crippen molar-refractivity contribution >= 4 is 11.9 Å². The van der Waals surface area contributed by atoms with Crippen molar-refractivity contribution in [3.05, 3.63) is 0 Å². The molecule has 4 nitrogen and oxygen atoms in total. The lowest BCUT2D eigenvalue weighted by atomic mass is 9.79. The highest BCUT2D eigenvalue weighted by Crippen LogP contribution is 2.30. The van der Waals surface area contributed by atoms with Crippen LogP contribution in [-0.4, -0.2) is 29.7 Å². The maximum Gasteiger partial charge on any atom is 0.405 e. The monoisotopic (exact) mass is 255 g/mol. The quantitative estimate of drug-likeness (QED) is 0.762. The zero-order valence-corrected chi connectivity index (χ0v) is 9.73. The molecule has 0 aromatic heterocycles. The van der Waals surface area contributed by atoms with Gasteiger partial charge in [0, 0.05) is 6.42 Å². The molecule has 0 aliphatic carbocycles. The number of carbonyl (C=O) groups excluding carboxylic acids is 1. The van der Waals surface area contributed by atoms with Crippen LogP contribution in [0.2, 0.25) is 0 Å². The summed E-state index contributed by atoms with van der Waals surface area (Å²) in [6.07, 6.45) is -4.54. The molecule has 0 saturated heterocycles. The van der Waals surface area contributed by atoms with Gasteiger partial charge in [0.15, 0.2) is 0 Å². The topological polar surface area (TPSA) is 66.4 Å². The molecule has 0 radical (unpaired) electrons. The van der Waals surface area contributed by atoms with E-state index in [1.165, 1.54) is 0 Å². The molecule has 0 fully saturated rings. The number of carbonyl (C=O) groups is 2. The smallest absolute Gasteiger partial charge is 0.405 e. The highest BCUT2D eigenvalue weighted by Gasteiger charge is 2.38. The minimum Gasteiger partial charge on any atom is -0.481 e. The highest BCUT2D eigenvalue weighted by atomic mass is 19.4. The van der Waals surface area contributed by atoms with Gasteiger partial charge in [-0.3, -0.25) is 9.59 Å². The van der Waals surface area contributed by atoms with Crippen molar-refractivity contribution in [2.75, 3.05) is 6.54 Å². The summed E-state index contributed by atoms with van der Waals surface area (Å²) in [5.41, 5.74) is -1.28. The Morgan fingerprint density at radius 1 is 1.18 bits per heavy atom. The second-order valence-electron chi connectivity index (χ2n) is 3.86. The normalized spacial score (nSPS) is 12.3. The van der Waals surface area contributed by atoms with Crippen molar-refractivity contribution in [1.29, 1.82) is 0 Å². The van der Waals surface area contributed by atoms with E-state index in [2.05, 4.69) is 0 Å². The van der Waals surface area contributed by atoms with Crippen molar-refractivity contribution in [1.82, 2.24) is 5.32 Å². The van der Waals surface area contributed by atoms with E-state index in [0.29, 0.717) is 0 Å². The van der Waals surface area contributed by atoms with Crippen LogP contribution in [-0.2, 0) is 9.59 Å². The molecular weight excluding hydrogens is 239 g/mol. The van der Waals surface area contributed by atoms with Gasteiger partial charge in [0.05, 0.1) is 5.41 Å². The number of halogens is 3. The number of hydrogen-bond donors (Lipinski definition) is 2. The first-order valence-corrected chi connectivity index (χ1v) is 5.23. The highest BCUT2D eigenvalue weighted by molar-refractivity contribution is 5.84. The molecule has 7 heteroatoms. The van der Waals surface area contributed by atoms with E-state index in [1.54, 1.807) is 19.2 Å². The van der Waals surface area contributed by atoms with E-state index in [9.17, 15) is 22.8 Å². The van der Waals surface area contributed by atoms with E-state index >= 15 is 0 Å². The number of rotatable bonds is 6. The van der Waals surface area contributed by atoms with Crippen LogP contribution in [0.3, 0.4) is 0 Å². The molecule has 0 aliphatic rings. The Kier molecular flexibility index (Phi) is 5.44. The SMILES string of the molecule is CCC(CC)(CC(=O)NCC(F)(F)F)C(=O)O. The molecule has 0 aromatic rings. The minimum absolute atomic E-state index is 0.193. The predicted octanol–water partition coefficient (Wildman–Crippen LogP) is 1.95. The summed E-state index contributed by atoms with van der Waals surface area (Å²) >= 11 is 0. The van der Waals surface area contributed by atoms with Gasteiger partial charge < -0.3 is 10.4 Å². The summed E-state index contributed by atoms with van der Waals surface area (Å²) in [4.78, 5) is 22.3. The second kappa shape index (κ2) is 5.88. The fraction of sp³-hybridized carbons (Fsp3) is 0.800. The summed E-state index contributed by atoms with van der Waals surface area (Å²) in [5.74, 6) is -2.06. The molecule has 2 N–H and O–H groups in total. The van der Waals surface area contributed by atoms with E-state index in [1.807, 2.05) is 0 Å². The van der Waals surface area contributed by atoms with Gasteiger partial charge in [-0.05, 0) is 12.8 Å². The van der Waals surface area contributed by atoms with Crippen molar-refractivity contribution in [3.8, 4) is 0 Å². The molecule has 0 aromatic carbocycles. The van der Waals surface area contributed by atoms with E-state index < -0.39 is 36.4 Å². The van der Waals surface area contributed by atoms with Gasteiger partial charge >= 0.3 is 12.1 Å². The summed E-state index contributed by atoms with van der Waals surface area (Å²) in [6.45, 7) is 1.75. The zero-order chi connectivity index (χ0) is 13.7. The fourth-order valence-electron chi connectivity index (χ4n) is 1.45. The van der Waals surface area contributed by atoms with Gasteiger partial charge in [-0.15, -0.1) is 0 Å². The molecular formula is C10H16F3NO3. The maximum absolute atomic E-state index is 11.8. The predicted molar refractivity (Wildman–Crippen MR) is 54.3 cm³/mol. The van der Waals surface area contributed by atoms with Gasteiger partial charge in [-0.1, -0.05) is 13.8 Å². The van der Waals surface area contributed by atoms with Crippen LogP contribution >= 0.6 is 0 Å². The number of carboxylic acids is 1. The first-order valence-electron chi connectivity index (χ1n) is 5.23. The third-order valence-electron chi connectivity index (χ3n) is 2.79. The van der Waals surface area contributed by atoms with E-state index in [4.69, 9.17) is 5.11 Å². The second-order valence-corrected chi connectivity index (χ2v) is 3.86. The Hall–Kier alpha value is -1.27. The van der Waals surface area contributed by atoms with Crippen LogP contribution in [0.4, 0.5) is 13.2 Å². The first kappa shape index (κ1) is 15.7. The number of amides is 1. The molecule has 0 heterocycles. The van der Waals surface area contributed by atoms with Crippen LogP contribution < -0.4 is 5.32 Å². The molecule has 1 amide bonds. The van der Waals surface area contributed by atoms with Crippen molar-refractivity contribution in [2.45, 2.75) is 39.3 Å².